The van der Waals surface area contributed by atoms with Crippen LogP contribution in [0.2, 0.25) is 0 Å². The van der Waals surface area contributed by atoms with E-state index in [1.165, 1.54) is 4.90 Å². The molecule has 2 aromatic carbocycles. The van der Waals surface area contributed by atoms with E-state index in [9.17, 15) is 18.0 Å². The maximum absolute atomic E-state index is 13.7. The summed E-state index contributed by atoms with van der Waals surface area (Å²) in [5.74, 6) is -0.400. The molecule has 7 nitrogen and oxygen atoms in total. The van der Waals surface area contributed by atoms with Gasteiger partial charge < -0.3 is 10.2 Å². The number of rotatable bonds is 11. The summed E-state index contributed by atoms with van der Waals surface area (Å²) in [5.41, 5.74) is 4.35. The summed E-state index contributed by atoms with van der Waals surface area (Å²) in [5, 5.41) is 2.93. The average molecular weight is 502 g/mol. The van der Waals surface area contributed by atoms with Crippen LogP contribution in [-0.2, 0) is 26.2 Å². The van der Waals surface area contributed by atoms with Crippen molar-refractivity contribution in [3.63, 3.8) is 0 Å². The Morgan fingerprint density at radius 2 is 1.60 bits per heavy atom. The van der Waals surface area contributed by atoms with Crippen molar-refractivity contribution in [1.29, 1.82) is 0 Å². The molecule has 1 N–H and O–H groups in total. The van der Waals surface area contributed by atoms with Crippen molar-refractivity contribution < 1.29 is 18.0 Å². The highest BCUT2D eigenvalue weighted by Gasteiger charge is 2.31. The molecule has 0 unspecified atom stereocenters. The lowest BCUT2D eigenvalue weighted by atomic mass is 10.1. The van der Waals surface area contributed by atoms with Crippen molar-refractivity contribution in [3.05, 3.63) is 64.7 Å². The van der Waals surface area contributed by atoms with Crippen LogP contribution < -0.4 is 9.62 Å². The minimum atomic E-state index is -3.74. The molecular weight excluding hydrogens is 462 g/mol. The summed E-state index contributed by atoms with van der Waals surface area (Å²) in [4.78, 5) is 28.2. The Balaban J connectivity index is 2.43. The Labute approximate surface area is 210 Å². The number of benzene rings is 2. The number of carbonyl (C=O) groups excluding carboxylic acids is 2. The third-order valence-corrected chi connectivity index (χ3v) is 7.14. The number of hydrogen-bond donors (Lipinski definition) is 1. The fourth-order valence-corrected chi connectivity index (χ4v) is 4.57. The molecule has 0 radical (unpaired) electrons. The van der Waals surface area contributed by atoms with E-state index in [1.54, 1.807) is 12.1 Å². The standard InChI is InChI=1S/C27H39N3O4S/c1-8-25(27(32)28-16-19(2)3)29(17-23-12-9-20(4)10-13-23)26(31)18-30(35(7,33)34)24-14-11-21(5)22(6)15-24/h9-15,19,25H,8,16-18H2,1-7H3,(H,28,32)/t25-/m1/s1. The van der Waals surface area contributed by atoms with Crippen molar-refractivity contribution in [2.45, 2.75) is 60.5 Å². The van der Waals surface area contributed by atoms with E-state index in [2.05, 4.69) is 5.32 Å². The molecule has 2 aromatic rings. The molecule has 1 atom stereocenters. The molecule has 8 heteroatoms. The lowest BCUT2D eigenvalue weighted by Crippen LogP contribution is -2.52. The van der Waals surface area contributed by atoms with E-state index in [0.29, 0.717) is 18.7 Å². The summed E-state index contributed by atoms with van der Waals surface area (Å²) in [6.45, 7) is 12.0. The van der Waals surface area contributed by atoms with E-state index in [-0.39, 0.29) is 24.9 Å². The smallest absolute Gasteiger partial charge is 0.244 e. The van der Waals surface area contributed by atoms with Crippen LogP contribution >= 0.6 is 0 Å². The van der Waals surface area contributed by atoms with E-state index in [4.69, 9.17) is 0 Å². The van der Waals surface area contributed by atoms with Crippen LogP contribution in [0, 0.1) is 26.7 Å². The van der Waals surface area contributed by atoms with Gasteiger partial charge in [0.2, 0.25) is 21.8 Å². The van der Waals surface area contributed by atoms with Gasteiger partial charge in [-0.3, -0.25) is 13.9 Å². The lowest BCUT2D eigenvalue weighted by molar-refractivity contribution is -0.140. The zero-order chi connectivity index (χ0) is 26.3. The third kappa shape index (κ3) is 8.09. The molecule has 2 amide bonds. The monoisotopic (exact) mass is 501 g/mol. The molecule has 0 aliphatic rings. The first-order valence-electron chi connectivity index (χ1n) is 12.0. The molecule has 0 aromatic heterocycles. The molecule has 0 bridgehead atoms. The first-order chi connectivity index (χ1) is 16.3. The lowest BCUT2D eigenvalue weighted by Gasteiger charge is -2.33. The Hall–Kier alpha value is -2.87. The predicted molar refractivity (Wildman–Crippen MR) is 142 cm³/mol. The highest BCUT2D eigenvalue weighted by Crippen LogP contribution is 2.22. The van der Waals surface area contributed by atoms with Crippen LogP contribution in [-0.4, -0.2) is 50.5 Å². The number of sulfonamides is 1. The van der Waals surface area contributed by atoms with Gasteiger partial charge in [-0.15, -0.1) is 0 Å². The highest BCUT2D eigenvalue weighted by atomic mass is 32.2. The summed E-state index contributed by atoms with van der Waals surface area (Å²) in [6, 6.07) is 12.3. The molecule has 2 rings (SSSR count). The van der Waals surface area contributed by atoms with Gasteiger partial charge in [0.15, 0.2) is 0 Å². The Bertz CT molecular complexity index is 1130. The number of hydrogen-bond acceptors (Lipinski definition) is 4. The van der Waals surface area contributed by atoms with Crippen LogP contribution in [0.4, 0.5) is 5.69 Å². The van der Waals surface area contributed by atoms with Gasteiger partial charge in [-0.25, -0.2) is 8.42 Å². The molecule has 35 heavy (non-hydrogen) atoms. The number of aryl methyl sites for hydroxylation is 3. The molecule has 192 valence electrons. The van der Waals surface area contributed by atoms with Gasteiger partial charge in [0.05, 0.1) is 11.9 Å². The topological polar surface area (TPSA) is 86.8 Å². The molecule has 0 saturated carbocycles. The predicted octanol–water partition coefficient (Wildman–Crippen LogP) is 3.96. The molecule has 0 aliphatic heterocycles. The van der Waals surface area contributed by atoms with Gasteiger partial charge in [-0.2, -0.15) is 0 Å². The SMILES string of the molecule is CC[C@H](C(=O)NCC(C)C)N(Cc1ccc(C)cc1)C(=O)CN(c1ccc(C)c(C)c1)S(C)(=O)=O. The Kier molecular flexibility index (Phi) is 9.89. The van der Waals surface area contributed by atoms with Crippen molar-refractivity contribution in [2.75, 3.05) is 23.7 Å². The molecule has 0 heterocycles. The van der Waals surface area contributed by atoms with E-state index >= 15 is 0 Å². The van der Waals surface area contributed by atoms with Crippen molar-refractivity contribution in [3.8, 4) is 0 Å². The largest absolute Gasteiger partial charge is 0.354 e. The summed E-state index contributed by atoms with van der Waals surface area (Å²) in [6.07, 6.45) is 1.50. The number of nitrogens with zero attached hydrogens (tertiary/aromatic N) is 2. The number of nitrogens with one attached hydrogen (secondary N) is 1. The molecule has 0 fully saturated rings. The fraction of sp³-hybridized carbons (Fsp3) is 0.481. The van der Waals surface area contributed by atoms with Crippen molar-refractivity contribution >= 4 is 27.5 Å². The molecule has 0 spiro atoms. The fourth-order valence-electron chi connectivity index (χ4n) is 3.73. The van der Waals surface area contributed by atoms with Gasteiger partial charge in [-0.1, -0.05) is 56.7 Å². The van der Waals surface area contributed by atoms with Gasteiger partial charge in [-0.05, 0) is 61.9 Å². The second-order valence-corrected chi connectivity index (χ2v) is 11.5. The molecule has 0 aliphatic carbocycles. The summed E-state index contributed by atoms with van der Waals surface area (Å²) < 4.78 is 26.5. The molecular formula is C27H39N3O4S. The second kappa shape index (κ2) is 12.2. The van der Waals surface area contributed by atoms with Gasteiger partial charge in [0.25, 0.3) is 0 Å². The summed E-state index contributed by atoms with van der Waals surface area (Å²) >= 11 is 0. The minimum Gasteiger partial charge on any atom is -0.354 e. The van der Waals surface area contributed by atoms with E-state index in [0.717, 1.165) is 32.8 Å². The number of amides is 2. The van der Waals surface area contributed by atoms with Crippen LogP contribution in [0.15, 0.2) is 42.5 Å². The third-order valence-electron chi connectivity index (χ3n) is 6.00. The zero-order valence-corrected chi connectivity index (χ0v) is 22.8. The van der Waals surface area contributed by atoms with Crippen molar-refractivity contribution in [1.82, 2.24) is 10.2 Å². The van der Waals surface area contributed by atoms with Crippen LogP contribution in [0.3, 0.4) is 0 Å². The number of anilines is 1. The van der Waals surface area contributed by atoms with E-state index < -0.39 is 22.0 Å². The van der Waals surface area contributed by atoms with Crippen molar-refractivity contribution in [2.24, 2.45) is 5.92 Å². The number of carbonyl (C=O) groups is 2. The first kappa shape index (κ1) is 28.4. The maximum atomic E-state index is 13.7. The minimum absolute atomic E-state index is 0.206. The van der Waals surface area contributed by atoms with Gasteiger partial charge >= 0.3 is 0 Å². The maximum Gasteiger partial charge on any atom is 0.244 e. The van der Waals surface area contributed by atoms with Crippen LogP contribution in [0.1, 0.15) is 49.4 Å². The normalized spacial score (nSPS) is 12.3. The first-order valence-corrected chi connectivity index (χ1v) is 13.9. The Morgan fingerprint density at radius 1 is 0.971 bits per heavy atom. The average Bonchev–Trinajstić information content (AvgIpc) is 2.78. The van der Waals surface area contributed by atoms with Gasteiger partial charge in [0, 0.05) is 13.1 Å². The van der Waals surface area contributed by atoms with E-state index in [1.807, 2.05) is 71.9 Å². The second-order valence-electron chi connectivity index (χ2n) is 9.61. The highest BCUT2D eigenvalue weighted by molar-refractivity contribution is 7.92. The quantitative estimate of drug-likeness (QED) is 0.505. The summed E-state index contributed by atoms with van der Waals surface area (Å²) in [7, 11) is -3.74. The van der Waals surface area contributed by atoms with Crippen LogP contribution in [0.5, 0.6) is 0 Å². The zero-order valence-electron chi connectivity index (χ0n) is 22.0. The molecule has 0 saturated heterocycles. The Morgan fingerprint density at radius 3 is 2.11 bits per heavy atom. The van der Waals surface area contributed by atoms with Crippen LogP contribution in [0.25, 0.3) is 0 Å². The van der Waals surface area contributed by atoms with Gasteiger partial charge in [0.1, 0.15) is 12.6 Å².